The second-order valence-corrected chi connectivity index (χ2v) is 9.52. The number of carbonyl (C=O) groups is 2. The smallest absolute Gasteiger partial charge is 0.259 e. The van der Waals surface area contributed by atoms with Gasteiger partial charge in [0.15, 0.2) is 0 Å². The average Bonchev–Trinajstić information content (AvgIpc) is 3.69. The van der Waals surface area contributed by atoms with Crippen molar-refractivity contribution in [1.82, 2.24) is 19.8 Å². The van der Waals surface area contributed by atoms with Crippen LogP contribution < -0.4 is 4.74 Å². The van der Waals surface area contributed by atoms with Crippen molar-refractivity contribution in [2.24, 2.45) is 11.8 Å². The standard InChI is InChI=1S/C27H32N4O4/c1-18-15-31(19(2)17-32)27(34)23-12-21(10-9-20-7-8-20)14-29-26(23)35-24(18)16-30(3)25(33)13-22-6-4-5-11-28-22/h4-6,11-12,14,18-20,24,32H,7-8,13,15-17H2,1-3H3/t18-,19-,24+/m0/s1. The van der Waals surface area contributed by atoms with Crippen LogP contribution in [0.2, 0.25) is 0 Å². The van der Waals surface area contributed by atoms with Crippen molar-refractivity contribution in [2.45, 2.75) is 45.3 Å². The Hall–Kier alpha value is -3.44. The topological polar surface area (TPSA) is 95.9 Å². The molecule has 3 heterocycles. The molecule has 184 valence electrons. The lowest BCUT2D eigenvalue weighted by Gasteiger charge is -2.37. The van der Waals surface area contributed by atoms with Crippen LogP contribution in [-0.2, 0) is 11.2 Å². The molecule has 1 aliphatic heterocycles. The molecule has 8 nitrogen and oxygen atoms in total. The first kappa shape index (κ1) is 24.7. The average molecular weight is 477 g/mol. The van der Waals surface area contributed by atoms with E-state index >= 15 is 0 Å². The summed E-state index contributed by atoms with van der Waals surface area (Å²) in [4.78, 5) is 38.3. The highest BCUT2D eigenvalue weighted by atomic mass is 16.5. The summed E-state index contributed by atoms with van der Waals surface area (Å²) < 4.78 is 6.27. The largest absolute Gasteiger partial charge is 0.472 e. The number of carbonyl (C=O) groups excluding carboxylic acids is 2. The van der Waals surface area contributed by atoms with E-state index < -0.39 is 6.10 Å². The van der Waals surface area contributed by atoms with Gasteiger partial charge in [0.25, 0.3) is 5.91 Å². The Morgan fingerprint density at radius 3 is 2.83 bits per heavy atom. The predicted octanol–water partition coefficient (Wildman–Crippen LogP) is 2.16. The fraction of sp³-hybridized carbons (Fsp3) is 0.481. The molecule has 0 saturated heterocycles. The molecule has 1 N–H and O–H groups in total. The lowest BCUT2D eigenvalue weighted by molar-refractivity contribution is -0.130. The lowest BCUT2D eigenvalue weighted by Crippen LogP contribution is -2.50. The summed E-state index contributed by atoms with van der Waals surface area (Å²) in [5.41, 5.74) is 1.70. The van der Waals surface area contributed by atoms with Gasteiger partial charge in [-0.05, 0) is 38.0 Å². The summed E-state index contributed by atoms with van der Waals surface area (Å²) in [6.07, 6.45) is 5.32. The number of pyridine rings is 2. The van der Waals surface area contributed by atoms with E-state index in [1.807, 2.05) is 32.0 Å². The quantitative estimate of drug-likeness (QED) is 0.642. The van der Waals surface area contributed by atoms with Gasteiger partial charge >= 0.3 is 0 Å². The van der Waals surface area contributed by atoms with E-state index in [0.717, 1.165) is 12.8 Å². The van der Waals surface area contributed by atoms with Gasteiger partial charge in [0.05, 0.1) is 25.6 Å². The highest BCUT2D eigenvalue weighted by molar-refractivity contribution is 5.97. The number of likely N-dealkylation sites (N-methyl/N-ethyl adjacent to an activating group) is 1. The molecule has 2 aromatic heterocycles. The first-order valence-corrected chi connectivity index (χ1v) is 12.1. The van der Waals surface area contributed by atoms with E-state index in [1.54, 1.807) is 35.3 Å². The van der Waals surface area contributed by atoms with Crippen molar-refractivity contribution < 1.29 is 19.4 Å². The normalized spacial score (nSPS) is 20.5. The van der Waals surface area contributed by atoms with Crippen LogP contribution in [0.25, 0.3) is 0 Å². The van der Waals surface area contributed by atoms with Gasteiger partial charge in [-0.2, -0.15) is 0 Å². The van der Waals surface area contributed by atoms with Gasteiger partial charge in [0, 0.05) is 49.1 Å². The number of aromatic nitrogens is 2. The predicted molar refractivity (Wildman–Crippen MR) is 131 cm³/mol. The molecule has 2 amide bonds. The van der Waals surface area contributed by atoms with E-state index in [0.29, 0.717) is 35.8 Å². The summed E-state index contributed by atoms with van der Waals surface area (Å²) in [5.74, 6) is 6.54. The zero-order valence-electron chi connectivity index (χ0n) is 20.5. The molecule has 0 radical (unpaired) electrons. The minimum Gasteiger partial charge on any atom is -0.472 e. The molecule has 2 aliphatic rings. The van der Waals surface area contributed by atoms with Gasteiger partial charge in [-0.15, -0.1) is 0 Å². The maximum Gasteiger partial charge on any atom is 0.259 e. The van der Waals surface area contributed by atoms with Crippen molar-refractivity contribution in [3.05, 3.63) is 53.5 Å². The number of nitrogens with zero attached hydrogens (tertiary/aromatic N) is 4. The van der Waals surface area contributed by atoms with Crippen LogP contribution in [0, 0.1) is 23.7 Å². The van der Waals surface area contributed by atoms with E-state index in [-0.39, 0.29) is 42.7 Å². The Kier molecular flexibility index (Phi) is 7.67. The Morgan fingerprint density at radius 2 is 2.14 bits per heavy atom. The zero-order chi connectivity index (χ0) is 24.9. The molecule has 35 heavy (non-hydrogen) atoms. The van der Waals surface area contributed by atoms with E-state index in [2.05, 4.69) is 21.8 Å². The minimum absolute atomic E-state index is 0.0721. The monoisotopic (exact) mass is 476 g/mol. The van der Waals surface area contributed by atoms with Crippen LogP contribution in [0.5, 0.6) is 5.88 Å². The Bertz CT molecular complexity index is 1120. The third-order valence-corrected chi connectivity index (χ3v) is 6.46. The van der Waals surface area contributed by atoms with Crippen molar-refractivity contribution in [1.29, 1.82) is 0 Å². The molecule has 0 bridgehead atoms. The number of rotatable bonds is 6. The number of aliphatic hydroxyl groups excluding tert-OH is 1. The molecule has 2 aromatic rings. The number of hydrogen-bond donors (Lipinski definition) is 1. The molecule has 0 spiro atoms. The van der Waals surface area contributed by atoms with Gasteiger partial charge in [0.2, 0.25) is 11.8 Å². The van der Waals surface area contributed by atoms with Crippen molar-refractivity contribution >= 4 is 11.8 Å². The fourth-order valence-electron chi connectivity index (χ4n) is 3.97. The van der Waals surface area contributed by atoms with Crippen LogP contribution >= 0.6 is 0 Å². The number of hydrogen-bond acceptors (Lipinski definition) is 6. The molecule has 1 fully saturated rings. The summed E-state index contributed by atoms with van der Waals surface area (Å²) in [5, 5.41) is 9.81. The van der Waals surface area contributed by atoms with Crippen LogP contribution in [0.1, 0.15) is 48.3 Å². The Labute approximate surface area is 206 Å². The zero-order valence-corrected chi connectivity index (χ0v) is 20.5. The van der Waals surface area contributed by atoms with Crippen molar-refractivity contribution in [3.8, 4) is 17.7 Å². The molecule has 1 saturated carbocycles. The summed E-state index contributed by atoms with van der Waals surface area (Å²) in [6.45, 7) is 4.34. The first-order chi connectivity index (χ1) is 16.9. The number of ether oxygens (including phenoxy) is 1. The Balaban J connectivity index is 1.58. The van der Waals surface area contributed by atoms with Gasteiger partial charge in [-0.1, -0.05) is 24.8 Å². The lowest BCUT2D eigenvalue weighted by atomic mass is 9.99. The molecule has 3 atom stereocenters. The number of aliphatic hydroxyl groups is 1. The molecule has 1 aliphatic carbocycles. The van der Waals surface area contributed by atoms with E-state index in [9.17, 15) is 14.7 Å². The Morgan fingerprint density at radius 1 is 1.34 bits per heavy atom. The van der Waals surface area contributed by atoms with Crippen LogP contribution in [-0.4, -0.2) is 75.6 Å². The highest BCUT2D eigenvalue weighted by Gasteiger charge is 2.34. The van der Waals surface area contributed by atoms with Crippen LogP contribution in [0.4, 0.5) is 0 Å². The van der Waals surface area contributed by atoms with Crippen LogP contribution in [0.3, 0.4) is 0 Å². The van der Waals surface area contributed by atoms with Gasteiger partial charge in [0.1, 0.15) is 11.7 Å². The van der Waals surface area contributed by atoms with E-state index in [1.165, 1.54) is 0 Å². The third-order valence-electron chi connectivity index (χ3n) is 6.46. The summed E-state index contributed by atoms with van der Waals surface area (Å²) in [6, 6.07) is 6.84. The SMILES string of the molecule is C[C@H]1CN([C@@H](C)CO)C(=O)c2cc(C#CC3CC3)cnc2O[C@@H]1CN(C)C(=O)Cc1ccccn1. The van der Waals surface area contributed by atoms with Crippen molar-refractivity contribution in [3.63, 3.8) is 0 Å². The van der Waals surface area contributed by atoms with Gasteiger partial charge < -0.3 is 19.6 Å². The van der Waals surface area contributed by atoms with E-state index in [4.69, 9.17) is 4.74 Å². The fourth-order valence-corrected chi connectivity index (χ4v) is 3.97. The third kappa shape index (κ3) is 6.17. The van der Waals surface area contributed by atoms with Crippen LogP contribution in [0.15, 0.2) is 36.7 Å². The minimum atomic E-state index is -0.399. The van der Waals surface area contributed by atoms with Gasteiger partial charge in [-0.25, -0.2) is 4.98 Å². The second kappa shape index (κ2) is 10.9. The highest BCUT2D eigenvalue weighted by Crippen LogP contribution is 2.29. The molecule has 8 heteroatoms. The van der Waals surface area contributed by atoms with Crippen molar-refractivity contribution in [2.75, 3.05) is 26.7 Å². The number of fused-ring (bicyclic) bond motifs is 1. The molecule has 4 rings (SSSR count). The molecule has 0 unspecified atom stereocenters. The number of amides is 2. The maximum atomic E-state index is 13.5. The van der Waals surface area contributed by atoms with Gasteiger partial charge in [-0.3, -0.25) is 14.6 Å². The molecule has 0 aromatic carbocycles. The molecular formula is C27H32N4O4. The second-order valence-electron chi connectivity index (χ2n) is 9.52. The summed E-state index contributed by atoms with van der Waals surface area (Å²) >= 11 is 0. The summed E-state index contributed by atoms with van der Waals surface area (Å²) in [7, 11) is 1.74. The first-order valence-electron chi connectivity index (χ1n) is 12.1. The maximum absolute atomic E-state index is 13.5. The molecular weight excluding hydrogens is 444 g/mol.